The first-order chi connectivity index (χ1) is 8.13. The summed E-state index contributed by atoms with van der Waals surface area (Å²) in [5.41, 5.74) is 5.28. The molecule has 3 N–H and O–H groups in total. The molecule has 0 spiro atoms. The van der Waals surface area contributed by atoms with E-state index in [0.717, 1.165) is 12.8 Å². The highest BCUT2D eigenvalue weighted by Crippen LogP contribution is 2.37. The maximum absolute atomic E-state index is 11.5. The molecule has 2 aromatic heterocycles. The monoisotopic (exact) mass is 296 g/mol. The number of hydrogen-bond acceptors (Lipinski definition) is 5. The maximum atomic E-state index is 11.5. The summed E-state index contributed by atoms with van der Waals surface area (Å²) in [6.45, 7) is 0. The predicted octanol–water partition coefficient (Wildman–Crippen LogP) is 0.573. The van der Waals surface area contributed by atoms with Crippen LogP contribution in [0.2, 0.25) is 0 Å². The van der Waals surface area contributed by atoms with Crippen LogP contribution < -0.4 is 11.3 Å². The van der Waals surface area contributed by atoms with Crippen molar-refractivity contribution in [2.75, 3.05) is 5.73 Å². The third-order valence-electron chi connectivity index (χ3n) is 2.51. The summed E-state index contributed by atoms with van der Waals surface area (Å²) in [4.78, 5) is 22.5. The SMILES string of the molecule is Nc1nc(Br)n(-c2cc(=O)[nH]c(C3CC3)n2)n1. The van der Waals surface area contributed by atoms with Crippen LogP contribution in [0, 0.1) is 0 Å². The first-order valence-corrected chi connectivity index (χ1v) is 5.92. The average Bonchev–Trinajstić information content (AvgIpc) is 3.04. The third kappa shape index (κ3) is 1.95. The van der Waals surface area contributed by atoms with E-state index < -0.39 is 0 Å². The average molecular weight is 297 g/mol. The van der Waals surface area contributed by atoms with Gasteiger partial charge in [0.2, 0.25) is 10.7 Å². The second-order valence-electron chi connectivity index (χ2n) is 3.91. The standard InChI is InChI=1S/C9H9BrN6O/c10-8-14-9(11)15-16(8)5-3-6(17)13-7(12-5)4-1-2-4/h3-4H,1-2H2,(H2,11,15)(H,12,13,17). The van der Waals surface area contributed by atoms with Gasteiger partial charge in [-0.05, 0) is 28.8 Å². The molecule has 17 heavy (non-hydrogen) atoms. The molecule has 1 aliphatic carbocycles. The summed E-state index contributed by atoms with van der Waals surface area (Å²) in [6.07, 6.45) is 2.13. The van der Waals surface area contributed by atoms with Gasteiger partial charge in [0.25, 0.3) is 5.56 Å². The lowest BCUT2D eigenvalue weighted by Gasteiger charge is -2.03. The molecule has 2 heterocycles. The van der Waals surface area contributed by atoms with Gasteiger partial charge in [0, 0.05) is 12.0 Å². The van der Waals surface area contributed by atoms with Gasteiger partial charge >= 0.3 is 0 Å². The summed E-state index contributed by atoms with van der Waals surface area (Å²) in [7, 11) is 0. The highest BCUT2D eigenvalue weighted by Gasteiger charge is 2.26. The van der Waals surface area contributed by atoms with Crippen LogP contribution in [0.5, 0.6) is 0 Å². The topological polar surface area (TPSA) is 102 Å². The number of anilines is 1. The van der Waals surface area contributed by atoms with Gasteiger partial charge in [0.1, 0.15) is 5.82 Å². The third-order valence-corrected chi connectivity index (χ3v) is 3.02. The Kier molecular flexibility index (Phi) is 2.25. The number of aromatic amines is 1. The van der Waals surface area contributed by atoms with Gasteiger partial charge in [-0.15, -0.1) is 5.10 Å². The van der Waals surface area contributed by atoms with Crippen molar-refractivity contribution < 1.29 is 0 Å². The summed E-state index contributed by atoms with van der Waals surface area (Å²) in [6, 6.07) is 1.37. The lowest BCUT2D eigenvalue weighted by atomic mass is 10.4. The molecule has 0 unspecified atom stereocenters. The van der Waals surface area contributed by atoms with E-state index in [9.17, 15) is 4.79 Å². The Bertz CT molecular complexity index is 629. The van der Waals surface area contributed by atoms with Crippen LogP contribution in [0.3, 0.4) is 0 Å². The molecule has 0 atom stereocenters. The fourth-order valence-corrected chi connectivity index (χ4v) is 2.02. The van der Waals surface area contributed by atoms with E-state index in [2.05, 4.69) is 36.0 Å². The Balaban J connectivity index is 2.13. The van der Waals surface area contributed by atoms with Gasteiger partial charge in [-0.1, -0.05) is 0 Å². The number of rotatable bonds is 2. The van der Waals surface area contributed by atoms with Crippen molar-refractivity contribution in [3.63, 3.8) is 0 Å². The molecule has 0 radical (unpaired) electrons. The van der Waals surface area contributed by atoms with Crippen LogP contribution in [0.4, 0.5) is 5.95 Å². The zero-order chi connectivity index (χ0) is 12.0. The predicted molar refractivity (Wildman–Crippen MR) is 63.9 cm³/mol. The molecule has 0 aromatic carbocycles. The summed E-state index contributed by atoms with van der Waals surface area (Å²) in [5.74, 6) is 1.62. The van der Waals surface area contributed by atoms with Crippen molar-refractivity contribution >= 4 is 21.9 Å². The molecule has 0 amide bonds. The Morgan fingerprint density at radius 1 is 1.47 bits per heavy atom. The first-order valence-electron chi connectivity index (χ1n) is 5.13. The number of nitrogens with zero attached hydrogens (tertiary/aromatic N) is 4. The van der Waals surface area contributed by atoms with E-state index in [0.29, 0.717) is 22.3 Å². The van der Waals surface area contributed by atoms with Crippen LogP contribution in [0.15, 0.2) is 15.6 Å². The molecule has 88 valence electrons. The van der Waals surface area contributed by atoms with Crippen LogP contribution in [-0.4, -0.2) is 24.7 Å². The van der Waals surface area contributed by atoms with E-state index >= 15 is 0 Å². The van der Waals surface area contributed by atoms with Crippen molar-refractivity contribution in [2.45, 2.75) is 18.8 Å². The molecule has 8 heteroatoms. The van der Waals surface area contributed by atoms with Crippen LogP contribution in [-0.2, 0) is 0 Å². The molecule has 0 bridgehead atoms. The molecule has 2 aromatic rings. The van der Waals surface area contributed by atoms with Gasteiger partial charge < -0.3 is 10.7 Å². The van der Waals surface area contributed by atoms with Crippen molar-refractivity contribution in [3.05, 3.63) is 27.0 Å². The molecule has 1 fully saturated rings. The molecule has 3 rings (SSSR count). The minimum Gasteiger partial charge on any atom is -0.366 e. The Morgan fingerprint density at radius 2 is 2.24 bits per heavy atom. The molecule has 7 nitrogen and oxygen atoms in total. The minimum absolute atomic E-state index is 0.131. The van der Waals surface area contributed by atoms with E-state index in [4.69, 9.17) is 5.73 Å². The van der Waals surface area contributed by atoms with Crippen molar-refractivity contribution in [2.24, 2.45) is 0 Å². The Labute approximate surface area is 104 Å². The number of halogens is 1. The van der Waals surface area contributed by atoms with E-state index in [1.54, 1.807) is 0 Å². The van der Waals surface area contributed by atoms with Gasteiger partial charge in [-0.25, -0.2) is 4.98 Å². The quantitative estimate of drug-likeness (QED) is 0.843. The fourth-order valence-electron chi connectivity index (χ4n) is 1.58. The molecular formula is C9H9BrN6O. The number of aromatic nitrogens is 5. The lowest BCUT2D eigenvalue weighted by molar-refractivity contribution is 0.789. The van der Waals surface area contributed by atoms with Gasteiger partial charge in [-0.3, -0.25) is 4.79 Å². The fraction of sp³-hybridized carbons (Fsp3) is 0.333. The van der Waals surface area contributed by atoms with Crippen molar-refractivity contribution in [3.8, 4) is 5.82 Å². The smallest absolute Gasteiger partial charge is 0.253 e. The maximum Gasteiger partial charge on any atom is 0.253 e. The Morgan fingerprint density at radius 3 is 2.82 bits per heavy atom. The molecule has 1 saturated carbocycles. The molecule has 0 saturated heterocycles. The molecule has 0 aliphatic heterocycles. The molecule has 1 aliphatic rings. The number of hydrogen-bond donors (Lipinski definition) is 2. The zero-order valence-corrected chi connectivity index (χ0v) is 10.3. The number of nitrogens with two attached hydrogens (primary N) is 1. The van der Waals surface area contributed by atoms with Crippen LogP contribution in [0.1, 0.15) is 24.6 Å². The molecular weight excluding hydrogens is 288 g/mol. The first kappa shape index (κ1) is 10.5. The number of nitrogens with one attached hydrogen (secondary N) is 1. The van der Waals surface area contributed by atoms with Crippen LogP contribution in [0.25, 0.3) is 5.82 Å². The highest BCUT2D eigenvalue weighted by atomic mass is 79.9. The van der Waals surface area contributed by atoms with Crippen molar-refractivity contribution in [1.29, 1.82) is 0 Å². The normalized spacial score (nSPS) is 15.1. The number of H-pyrrole nitrogens is 1. The summed E-state index contributed by atoms with van der Waals surface area (Å²) < 4.78 is 1.83. The van der Waals surface area contributed by atoms with Crippen LogP contribution >= 0.6 is 15.9 Å². The van der Waals surface area contributed by atoms with E-state index in [1.807, 2.05) is 0 Å². The largest absolute Gasteiger partial charge is 0.366 e. The second-order valence-corrected chi connectivity index (χ2v) is 4.62. The van der Waals surface area contributed by atoms with E-state index in [1.165, 1.54) is 10.7 Å². The summed E-state index contributed by atoms with van der Waals surface area (Å²) >= 11 is 3.21. The number of nitrogen functional groups attached to an aromatic ring is 1. The van der Waals surface area contributed by atoms with Gasteiger partial charge in [0.05, 0.1) is 0 Å². The second kappa shape index (κ2) is 3.66. The minimum atomic E-state index is -0.196. The highest BCUT2D eigenvalue weighted by molar-refractivity contribution is 9.10. The Hall–Kier alpha value is -1.70. The van der Waals surface area contributed by atoms with E-state index in [-0.39, 0.29) is 11.5 Å². The summed E-state index contributed by atoms with van der Waals surface area (Å²) in [5, 5.41) is 3.96. The lowest BCUT2D eigenvalue weighted by Crippen LogP contribution is -2.14. The van der Waals surface area contributed by atoms with Gasteiger partial charge in [0.15, 0.2) is 5.82 Å². The van der Waals surface area contributed by atoms with Gasteiger partial charge in [-0.2, -0.15) is 9.67 Å². The van der Waals surface area contributed by atoms with Crippen molar-refractivity contribution in [1.82, 2.24) is 24.7 Å². The zero-order valence-electron chi connectivity index (χ0n) is 8.72.